The molecule has 0 spiro atoms. The number of rotatable bonds is 1. The van der Waals surface area contributed by atoms with Crippen LogP contribution in [-0.2, 0) is 9.05 Å². The van der Waals surface area contributed by atoms with Gasteiger partial charge in [-0.15, -0.1) is 0 Å². The SMILES string of the molecule is Cc1cc(Cl)cc(Cl)c1S(=O)(=O)Cl. The quantitative estimate of drug-likeness (QED) is 0.726. The van der Waals surface area contributed by atoms with Crippen LogP contribution in [0.25, 0.3) is 0 Å². The van der Waals surface area contributed by atoms with Gasteiger partial charge in [-0.1, -0.05) is 23.2 Å². The van der Waals surface area contributed by atoms with E-state index in [1.165, 1.54) is 12.1 Å². The fourth-order valence-corrected chi connectivity index (χ4v) is 3.37. The summed E-state index contributed by atoms with van der Waals surface area (Å²) in [6.45, 7) is 1.58. The predicted octanol–water partition coefficient (Wildman–Crippen LogP) is 3.23. The number of hydrogen-bond acceptors (Lipinski definition) is 2. The first-order valence-corrected chi connectivity index (χ1v) is 6.29. The normalized spacial score (nSPS) is 11.7. The van der Waals surface area contributed by atoms with Crippen LogP contribution < -0.4 is 0 Å². The van der Waals surface area contributed by atoms with Gasteiger partial charge in [-0.25, -0.2) is 8.42 Å². The Labute approximate surface area is 90.8 Å². The second-order valence-corrected chi connectivity index (χ2v) is 5.82. The lowest BCUT2D eigenvalue weighted by Gasteiger charge is -2.04. The molecule has 0 aliphatic rings. The van der Waals surface area contributed by atoms with Gasteiger partial charge in [0.15, 0.2) is 0 Å². The molecule has 0 heterocycles. The van der Waals surface area contributed by atoms with Crippen LogP contribution in [-0.4, -0.2) is 8.42 Å². The standard InChI is InChI=1S/C7H5Cl3O2S/c1-4-2-5(8)3-6(9)7(4)13(10,11)12/h2-3H,1H3. The highest BCUT2D eigenvalue weighted by Crippen LogP contribution is 2.30. The molecule has 2 nitrogen and oxygen atoms in total. The second-order valence-electron chi connectivity index (χ2n) is 2.47. The van der Waals surface area contributed by atoms with Gasteiger partial charge in [0.05, 0.1) is 5.02 Å². The molecule has 0 aliphatic carbocycles. The Kier molecular flexibility index (Phi) is 3.12. The van der Waals surface area contributed by atoms with Crippen molar-refractivity contribution < 1.29 is 8.42 Å². The third-order valence-electron chi connectivity index (χ3n) is 1.44. The largest absolute Gasteiger partial charge is 0.263 e. The average Bonchev–Trinajstić information content (AvgIpc) is 1.78. The minimum absolute atomic E-state index is 0.0417. The van der Waals surface area contributed by atoms with Crippen molar-refractivity contribution in [3.63, 3.8) is 0 Å². The average molecular weight is 260 g/mol. The molecule has 0 aliphatic heterocycles. The zero-order valence-corrected chi connectivity index (χ0v) is 9.60. The molecule has 0 amide bonds. The molecule has 72 valence electrons. The fourth-order valence-electron chi connectivity index (χ4n) is 0.998. The summed E-state index contributed by atoms with van der Waals surface area (Å²) in [5.41, 5.74) is 0.438. The van der Waals surface area contributed by atoms with E-state index >= 15 is 0 Å². The van der Waals surface area contributed by atoms with Crippen LogP contribution in [0.2, 0.25) is 10.0 Å². The van der Waals surface area contributed by atoms with E-state index in [-0.39, 0.29) is 9.92 Å². The summed E-state index contributed by atoms with van der Waals surface area (Å²) in [7, 11) is 1.37. The summed E-state index contributed by atoms with van der Waals surface area (Å²) in [6, 6.07) is 2.83. The maximum Gasteiger partial charge on any atom is 0.263 e. The summed E-state index contributed by atoms with van der Waals surface area (Å²) in [5.74, 6) is 0. The van der Waals surface area contributed by atoms with Crippen molar-refractivity contribution in [2.24, 2.45) is 0 Å². The van der Waals surface area contributed by atoms with Gasteiger partial charge in [-0.3, -0.25) is 0 Å². The number of halogens is 3. The molecule has 0 saturated carbocycles. The van der Waals surface area contributed by atoms with Crippen molar-refractivity contribution in [2.45, 2.75) is 11.8 Å². The molecule has 0 aromatic heterocycles. The molecular formula is C7H5Cl3O2S. The van der Waals surface area contributed by atoms with Gasteiger partial charge in [0.2, 0.25) is 0 Å². The van der Waals surface area contributed by atoms with Crippen LogP contribution in [0.4, 0.5) is 0 Å². The van der Waals surface area contributed by atoms with Gasteiger partial charge in [-0.05, 0) is 24.6 Å². The third-order valence-corrected chi connectivity index (χ3v) is 3.56. The molecule has 0 fully saturated rings. The maximum atomic E-state index is 11.0. The minimum Gasteiger partial charge on any atom is -0.207 e. The van der Waals surface area contributed by atoms with E-state index in [2.05, 4.69) is 0 Å². The van der Waals surface area contributed by atoms with Crippen molar-refractivity contribution in [3.8, 4) is 0 Å². The summed E-state index contributed by atoms with van der Waals surface area (Å²) < 4.78 is 22.0. The van der Waals surface area contributed by atoms with E-state index in [0.29, 0.717) is 10.6 Å². The zero-order valence-electron chi connectivity index (χ0n) is 6.51. The van der Waals surface area contributed by atoms with Gasteiger partial charge >= 0.3 is 0 Å². The highest BCUT2D eigenvalue weighted by Gasteiger charge is 2.18. The Morgan fingerprint density at radius 2 is 1.77 bits per heavy atom. The third kappa shape index (κ3) is 2.50. The van der Waals surface area contributed by atoms with Crippen LogP contribution >= 0.6 is 33.9 Å². The van der Waals surface area contributed by atoms with E-state index < -0.39 is 9.05 Å². The van der Waals surface area contributed by atoms with Crippen LogP contribution in [0.3, 0.4) is 0 Å². The Morgan fingerprint density at radius 3 is 2.15 bits per heavy atom. The van der Waals surface area contributed by atoms with Crippen LogP contribution in [0.15, 0.2) is 17.0 Å². The van der Waals surface area contributed by atoms with Crippen molar-refractivity contribution >= 4 is 42.9 Å². The minimum atomic E-state index is -3.80. The van der Waals surface area contributed by atoms with Crippen LogP contribution in [0.5, 0.6) is 0 Å². The summed E-state index contributed by atoms with van der Waals surface area (Å²) in [6.07, 6.45) is 0. The molecule has 0 N–H and O–H groups in total. The zero-order chi connectivity index (χ0) is 10.2. The molecular weight excluding hydrogens is 255 g/mol. The summed E-state index contributed by atoms with van der Waals surface area (Å²) in [4.78, 5) is -0.0831. The van der Waals surface area contributed by atoms with Crippen LogP contribution in [0.1, 0.15) is 5.56 Å². The predicted molar refractivity (Wildman–Crippen MR) is 54.2 cm³/mol. The molecule has 1 rings (SSSR count). The summed E-state index contributed by atoms with van der Waals surface area (Å²) in [5, 5.41) is 0.423. The Morgan fingerprint density at radius 1 is 1.23 bits per heavy atom. The Balaban J connectivity index is 3.57. The molecule has 0 radical (unpaired) electrons. The lowest BCUT2D eigenvalue weighted by Crippen LogP contribution is -1.95. The van der Waals surface area contributed by atoms with E-state index in [1.807, 2.05) is 0 Å². The fraction of sp³-hybridized carbons (Fsp3) is 0.143. The highest BCUT2D eigenvalue weighted by atomic mass is 35.7. The number of benzene rings is 1. The smallest absolute Gasteiger partial charge is 0.207 e. The Bertz CT molecular complexity index is 416. The van der Waals surface area contributed by atoms with E-state index in [0.717, 1.165) is 0 Å². The van der Waals surface area contributed by atoms with E-state index in [9.17, 15) is 8.42 Å². The van der Waals surface area contributed by atoms with Crippen LogP contribution in [0, 0.1) is 6.92 Å². The lowest BCUT2D eigenvalue weighted by molar-refractivity contribution is 0.609. The number of aryl methyl sites for hydroxylation is 1. The summed E-state index contributed by atoms with van der Waals surface area (Å²) >= 11 is 11.3. The van der Waals surface area contributed by atoms with Crippen molar-refractivity contribution in [2.75, 3.05) is 0 Å². The topological polar surface area (TPSA) is 34.1 Å². The van der Waals surface area contributed by atoms with Crippen molar-refractivity contribution in [1.82, 2.24) is 0 Å². The monoisotopic (exact) mass is 258 g/mol. The molecule has 0 bridgehead atoms. The lowest BCUT2D eigenvalue weighted by atomic mass is 10.2. The van der Waals surface area contributed by atoms with Gasteiger partial charge in [0, 0.05) is 15.7 Å². The Hall–Kier alpha value is 0.0400. The molecule has 0 atom stereocenters. The first-order chi connectivity index (χ1) is 5.82. The highest BCUT2D eigenvalue weighted by molar-refractivity contribution is 8.13. The van der Waals surface area contributed by atoms with Gasteiger partial charge in [0.25, 0.3) is 9.05 Å². The van der Waals surface area contributed by atoms with Crippen molar-refractivity contribution in [3.05, 3.63) is 27.7 Å². The first kappa shape index (κ1) is 11.1. The van der Waals surface area contributed by atoms with Gasteiger partial charge in [0.1, 0.15) is 4.90 Å². The van der Waals surface area contributed by atoms with E-state index in [1.54, 1.807) is 6.92 Å². The molecule has 6 heteroatoms. The molecule has 13 heavy (non-hydrogen) atoms. The molecule has 0 saturated heterocycles. The maximum absolute atomic E-state index is 11.0. The molecule has 1 aromatic carbocycles. The molecule has 1 aromatic rings. The van der Waals surface area contributed by atoms with Gasteiger partial charge < -0.3 is 0 Å². The van der Waals surface area contributed by atoms with Crippen molar-refractivity contribution in [1.29, 1.82) is 0 Å². The van der Waals surface area contributed by atoms with Gasteiger partial charge in [-0.2, -0.15) is 0 Å². The molecule has 0 unspecified atom stereocenters. The van der Waals surface area contributed by atoms with E-state index in [4.69, 9.17) is 33.9 Å². The number of hydrogen-bond donors (Lipinski definition) is 0. The first-order valence-electron chi connectivity index (χ1n) is 3.22. The second kappa shape index (κ2) is 3.65.